The highest BCUT2D eigenvalue weighted by Gasteiger charge is 2.37. The van der Waals surface area contributed by atoms with Crippen LogP contribution in [-0.4, -0.2) is 45.1 Å². The molecule has 2 heterocycles. The molecule has 1 aliphatic heterocycles. The van der Waals surface area contributed by atoms with Gasteiger partial charge < -0.3 is 15.1 Å². The standard InChI is InChI=1S/C12H14N2O4/c1-7(12(17)18)9-5-14(6-9)11(16)8-2-10(15)4-13-3-8/h2-4,7,9,15H,5-6H2,1H3,(H,17,18). The number of hydrogen-bond acceptors (Lipinski definition) is 4. The fourth-order valence-electron chi connectivity index (χ4n) is 1.92. The second-order valence-corrected chi connectivity index (χ2v) is 4.53. The van der Waals surface area contributed by atoms with Crippen LogP contribution in [0.15, 0.2) is 18.5 Å². The number of carbonyl (C=O) groups excluding carboxylic acids is 1. The van der Waals surface area contributed by atoms with Gasteiger partial charge >= 0.3 is 5.97 Å². The van der Waals surface area contributed by atoms with Crippen molar-refractivity contribution < 1.29 is 19.8 Å². The molecule has 96 valence electrons. The van der Waals surface area contributed by atoms with E-state index >= 15 is 0 Å². The molecule has 6 nitrogen and oxygen atoms in total. The maximum Gasteiger partial charge on any atom is 0.306 e. The average Bonchev–Trinajstić information content (AvgIpc) is 2.26. The van der Waals surface area contributed by atoms with Crippen molar-refractivity contribution in [2.75, 3.05) is 13.1 Å². The Bertz CT molecular complexity index is 483. The minimum atomic E-state index is -0.842. The van der Waals surface area contributed by atoms with Gasteiger partial charge in [-0.05, 0) is 6.07 Å². The molecule has 1 saturated heterocycles. The van der Waals surface area contributed by atoms with Crippen LogP contribution in [0.3, 0.4) is 0 Å². The Hall–Kier alpha value is -2.11. The van der Waals surface area contributed by atoms with Crippen LogP contribution in [0.5, 0.6) is 5.75 Å². The van der Waals surface area contributed by atoms with Gasteiger partial charge in [0.05, 0.1) is 17.7 Å². The first-order chi connectivity index (χ1) is 8.49. The number of rotatable bonds is 3. The van der Waals surface area contributed by atoms with Gasteiger partial charge in [0, 0.05) is 25.2 Å². The molecule has 6 heteroatoms. The molecular formula is C12H14N2O4. The Kier molecular flexibility index (Phi) is 3.18. The maximum absolute atomic E-state index is 11.9. The molecule has 0 aromatic carbocycles. The number of carboxylic acids is 1. The zero-order valence-corrected chi connectivity index (χ0v) is 9.91. The van der Waals surface area contributed by atoms with E-state index in [9.17, 15) is 14.7 Å². The van der Waals surface area contributed by atoms with E-state index in [0.29, 0.717) is 18.7 Å². The predicted molar refractivity (Wildman–Crippen MR) is 62.1 cm³/mol. The highest BCUT2D eigenvalue weighted by atomic mass is 16.4. The molecule has 0 bridgehead atoms. The Morgan fingerprint density at radius 1 is 1.44 bits per heavy atom. The molecule has 2 rings (SSSR count). The molecule has 1 fully saturated rings. The number of aromatic nitrogens is 1. The number of aliphatic carboxylic acids is 1. The van der Waals surface area contributed by atoms with Crippen LogP contribution < -0.4 is 0 Å². The summed E-state index contributed by atoms with van der Waals surface area (Å²) in [5.74, 6) is -1.58. The number of carbonyl (C=O) groups is 2. The van der Waals surface area contributed by atoms with Crippen molar-refractivity contribution in [3.8, 4) is 5.75 Å². The monoisotopic (exact) mass is 250 g/mol. The number of nitrogens with zero attached hydrogens (tertiary/aromatic N) is 2. The molecule has 0 radical (unpaired) electrons. The van der Waals surface area contributed by atoms with Crippen LogP contribution in [0.25, 0.3) is 0 Å². The summed E-state index contributed by atoms with van der Waals surface area (Å²) in [5, 5.41) is 18.1. The number of carboxylic acid groups (broad SMARTS) is 1. The Morgan fingerprint density at radius 3 is 2.67 bits per heavy atom. The number of pyridine rings is 1. The van der Waals surface area contributed by atoms with E-state index in [2.05, 4.69) is 4.98 Å². The van der Waals surface area contributed by atoms with E-state index in [-0.39, 0.29) is 17.6 Å². The molecule has 0 aliphatic carbocycles. The van der Waals surface area contributed by atoms with Crippen molar-refractivity contribution in [2.24, 2.45) is 11.8 Å². The Morgan fingerprint density at radius 2 is 2.11 bits per heavy atom. The second-order valence-electron chi connectivity index (χ2n) is 4.53. The van der Waals surface area contributed by atoms with Crippen LogP contribution in [0, 0.1) is 11.8 Å². The molecule has 1 amide bonds. The van der Waals surface area contributed by atoms with Crippen LogP contribution >= 0.6 is 0 Å². The van der Waals surface area contributed by atoms with Crippen molar-refractivity contribution in [1.29, 1.82) is 0 Å². The average molecular weight is 250 g/mol. The highest BCUT2D eigenvalue weighted by molar-refractivity contribution is 5.94. The lowest BCUT2D eigenvalue weighted by atomic mass is 9.87. The van der Waals surface area contributed by atoms with Crippen LogP contribution in [0.4, 0.5) is 0 Å². The first kappa shape index (κ1) is 12.3. The van der Waals surface area contributed by atoms with Crippen molar-refractivity contribution in [1.82, 2.24) is 9.88 Å². The Labute approximate surface area is 104 Å². The van der Waals surface area contributed by atoms with E-state index in [1.54, 1.807) is 11.8 Å². The van der Waals surface area contributed by atoms with E-state index in [1.165, 1.54) is 18.5 Å². The summed E-state index contributed by atoms with van der Waals surface area (Å²) in [6, 6.07) is 1.35. The highest BCUT2D eigenvalue weighted by Crippen LogP contribution is 2.26. The first-order valence-corrected chi connectivity index (χ1v) is 5.65. The number of hydrogen-bond donors (Lipinski definition) is 2. The molecule has 1 aromatic rings. The van der Waals surface area contributed by atoms with Gasteiger partial charge in [-0.25, -0.2) is 0 Å². The Balaban J connectivity index is 1.96. The minimum Gasteiger partial charge on any atom is -0.506 e. The second kappa shape index (κ2) is 4.64. The maximum atomic E-state index is 11.9. The van der Waals surface area contributed by atoms with Gasteiger partial charge in [-0.1, -0.05) is 6.92 Å². The summed E-state index contributed by atoms with van der Waals surface area (Å²) in [6.07, 6.45) is 2.64. The summed E-state index contributed by atoms with van der Waals surface area (Å²) in [6.45, 7) is 2.51. The predicted octanol–water partition coefficient (Wildman–Crippen LogP) is 0.580. The topological polar surface area (TPSA) is 90.7 Å². The molecule has 1 aromatic heterocycles. The lowest BCUT2D eigenvalue weighted by Gasteiger charge is -2.41. The quantitative estimate of drug-likeness (QED) is 0.818. The van der Waals surface area contributed by atoms with Crippen LogP contribution in [0.2, 0.25) is 0 Å². The fourth-order valence-corrected chi connectivity index (χ4v) is 1.92. The van der Waals surface area contributed by atoms with E-state index in [4.69, 9.17) is 5.11 Å². The third-order valence-electron chi connectivity index (χ3n) is 3.26. The first-order valence-electron chi connectivity index (χ1n) is 5.65. The minimum absolute atomic E-state index is 0.00304. The van der Waals surface area contributed by atoms with Crippen molar-refractivity contribution in [3.63, 3.8) is 0 Å². The van der Waals surface area contributed by atoms with Crippen molar-refractivity contribution in [2.45, 2.75) is 6.92 Å². The third-order valence-corrected chi connectivity index (χ3v) is 3.26. The molecule has 1 unspecified atom stereocenters. The molecule has 0 spiro atoms. The van der Waals surface area contributed by atoms with Crippen molar-refractivity contribution in [3.05, 3.63) is 24.0 Å². The fraction of sp³-hybridized carbons (Fsp3) is 0.417. The normalized spacial score (nSPS) is 17.1. The zero-order chi connectivity index (χ0) is 13.3. The lowest BCUT2D eigenvalue weighted by molar-refractivity contribution is -0.144. The largest absolute Gasteiger partial charge is 0.506 e. The molecule has 0 saturated carbocycles. The summed E-state index contributed by atoms with van der Waals surface area (Å²) in [4.78, 5) is 28.0. The molecular weight excluding hydrogens is 236 g/mol. The molecule has 1 aliphatic rings. The van der Waals surface area contributed by atoms with Gasteiger partial charge in [0.25, 0.3) is 5.91 Å². The SMILES string of the molecule is CC(C(=O)O)C1CN(C(=O)c2cncc(O)c2)C1. The zero-order valence-electron chi connectivity index (χ0n) is 9.91. The summed E-state index contributed by atoms with van der Waals surface area (Å²) >= 11 is 0. The van der Waals surface area contributed by atoms with E-state index in [0.717, 1.165) is 0 Å². The van der Waals surface area contributed by atoms with Gasteiger partial charge in [0.1, 0.15) is 5.75 Å². The van der Waals surface area contributed by atoms with Gasteiger partial charge in [-0.15, -0.1) is 0 Å². The number of likely N-dealkylation sites (tertiary alicyclic amines) is 1. The van der Waals surface area contributed by atoms with Crippen LogP contribution in [-0.2, 0) is 4.79 Å². The molecule has 2 N–H and O–H groups in total. The summed E-state index contributed by atoms with van der Waals surface area (Å²) in [5.41, 5.74) is 0.316. The van der Waals surface area contributed by atoms with Crippen LogP contribution in [0.1, 0.15) is 17.3 Å². The van der Waals surface area contributed by atoms with Crippen molar-refractivity contribution >= 4 is 11.9 Å². The third kappa shape index (κ3) is 2.27. The smallest absolute Gasteiger partial charge is 0.306 e. The van der Waals surface area contributed by atoms with E-state index < -0.39 is 11.9 Å². The van der Waals surface area contributed by atoms with Gasteiger partial charge in [-0.3, -0.25) is 14.6 Å². The van der Waals surface area contributed by atoms with Gasteiger partial charge in [0.15, 0.2) is 0 Å². The summed E-state index contributed by atoms with van der Waals surface area (Å²) < 4.78 is 0. The number of amides is 1. The molecule has 1 atom stereocenters. The number of aromatic hydroxyl groups is 1. The van der Waals surface area contributed by atoms with E-state index in [1.807, 2.05) is 0 Å². The summed E-state index contributed by atoms with van der Waals surface area (Å²) in [7, 11) is 0. The molecule has 18 heavy (non-hydrogen) atoms. The lowest BCUT2D eigenvalue weighted by Crippen LogP contribution is -2.53. The van der Waals surface area contributed by atoms with Gasteiger partial charge in [-0.2, -0.15) is 0 Å². The van der Waals surface area contributed by atoms with Gasteiger partial charge in [0.2, 0.25) is 0 Å².